The minimum Gasteiger partial charge on any atom is -0.337 e. The highest BCUT2D eigenvalue weighted by Gasteiger charge is 2.49. The topological polar surface area (TPSA) is 88.3 Å². The van der Waals surface area contributed by atoms with Crippen LogP contribution in [0.25, 0.3) is 11.4 Å². The van der Waals surface area contributed by atoms with Gasteiger partial charge >= 0.3 is 6.03 Å². The van der Waals surface area contributed by atoms with Crippen LogP contribution in [0.1, 0.15) is 43.7 Å². The summed E-state index contributed by atoms with van der Waals surface area (Å²) in [5, 5.41) is 6.62. The van der Waals surface area contributed by atoms with Gasteiger partial charge in [0.05, 0.1) is 0 Å². The van der Waals surface area contributed by atoms with Gasteiger partial charge in [-0.05, 0) is 48.2 Å². The van der Waals surface area contributed by atoms with Crippen LogP contribution in [-0.2, 0) is 16.9 Å². The van der Waals surface area contributed by atoms with Crippen molar-refractivity contribution in [2.75, 3.05) is 0 Å². The molecule has 0 bridgehead atoms. The van der Waals surface area contributed by atoms with Crippen molar-refractivity contribution < 1.29 is 18.5 Å². The smallest absolute Gasteiger partial charge is 0.325 e. The summed E-state index contributed by atoms with van der Waals surface area (Å²) in [6.07, 6.45) is 0. The Hall–Kier alpha value is -3.55. The van der Waals surface area contributed by atoms with E-state index >= 15 is 0 Å². The van der Waals surface area contributed by atoms with Gasteiger partial charge in [-0.1, -0.05) is 43.3 Å². The maximum atomic E-state index is 13.1. The maximum absolute atomic E-state index is 13.1. The van der Waals surface area contributed by atoms with Crippen LogP contribution in [0, 0.1) is 5.82 Å². The van der Waals surface area contributed by atoms with Crippen LogP contribution in [0.4, 0.5) is 9.18 Å². The lowest BCUT2D eigenvalue weighted by atomic mass is 9.90. The molecule has 2 aromatic carbocycles. The number of aromatic nitrogens is 2. The van der Waals surface area contributed by atoms with Gasteiger partial charge in [-0.3, -0.25) is 9.69 Å². The molecule has 30 heavy (non-hydrogen) atoms. The Kier molecular flexibility index (Phi) is 4.85. The van der Waals surface area contributed by atoms with E-state index in [1.165, 1.54) is 24.3 Å². The Balaban J connectivity index is 1.54. The highest BCUT2D eigenvalue weighted by molar-refractivity contribution is 6.07. The zero-order valence-corrected chi connectivity index (χ0v) is 16.8. The SMILES string of the molecule is CC(C)c1ccc(C2(C)NC(=O)N(Cc3nc(-c4ccc(F)cc4)no3)C2=O)cc1. The molecule has 0 spiro atoms. The van der Waals surface area contributed by atoms with Crippen molar-refractivity contribution in [3.8, 4) is 11.4 Å². The second-order valence-electron chi connectivity index (χ2n) is 7.74. The summed E-state index contributed by atoms with van der Waals surface area (Å²) in [5.74, 6) is -0.0415. The van der Waals surface area contributed by atoms with Gasteiger partial charge in [0.15, 0.2) is 0 Å². The average molecular weight is 408 g/mol. The zero-order chi connectivity index (χ0) is 21.5. The van der Waals surface area contributed by atoms with Crippen LogP contribution in [0.3, 0.4) is 0 Å². The van der Waals surface area contributed by atoms with Gasteiger partial charge < -0.3 is 9.84 Å². The number of nitrogens with zero attached hydrogens (tertiary/aromatic N) is 3. The van der Waals surface area contributed by atoms with Gasteiger partial charge in [0.2, 0.25) is 11.7 Å². The van der Waals surface area contributed by atoms with E-state index in [9.17, 15) is 14.0 Å². The fourth-order valence-electron chi connectivity index (χ4n) is 3.41. The number of urea groups is 1. The van der Waals surface area contributed by atoms with Crippen LogP contribution in [-0.4, -0.2) is 27.0 Å². The van der Waals surface area contributed by atoms with Crippen LogP contribution >= 0.6 is 0 Å². The van der Waals surface area contributed by atoms with Gasteiger partial charge in [-0.25, -0.2) is 9.18 Å². The normalized spacial score (nSPS) is 18.9. The third kappa shape index (κ3) is 3.45. The quantitative estimate of drug-likeness (QED) is 0.646. The summed E-state index contributed by atoms with van der Waals surface area (Å²) in [6.45, 7) is 5.70. The highest BCUT2D eigenvalue weighted by Crippen LogP contribution is 2.31. The van der Waals surface area contributed by atoms with Gasteiger partial charge in [0.25, 0.3) is 5.91 Å². The number of amides is 3. The molecule has 1 unspecified atom stereocenters. The first kappa shape index (κ1) is 19.8. The number of carbonyl (C=O) groups is 2. The largest absolute Gasteiger partial charge is 0.337 e. The number of hydrogen-bond acceptors (Lipinski definition) is 5. The van der Waals surface area contributed by atoms with Gasteiger partial charge in [-0.2, -0.15) is 4.98 Å². The lowest BCUT2D eigenvalue weighted by Gasteiger charge is -2.22. The van der Waals surface area contributed by atoms with Crippen molar-refractivity contribution in [2.45, 2.75) is 38.8 Å². The molecule has 8 heteroatoms. The van der Waals surface area contributed by atoms with Gasteiger partial charge in [0.1, 0.15) is 17.9 Å². The molecule has 154 valence electrons. The van der Waals surface area contributed by atoms with E-state index < -0.39 is 17.5 Å². The number of benzene rings is 2. The molecule has 1 aliphatic rings. The number of rotatable bonds is 5. The predicted molar refractivity (Wildman–Crippen MR) is 107 cm³/mol. The van der Waals surface area contributed by atoms with Gasteiger partial charge in [-0.15, -0.1) is 0 Å². The zero-order valence-electron chi connectivity index (χ0n) is 16.8. The van der Waals surface area contributed by atoms with Gasteiger partial charge in [0, 0.05) is 5.56 Å². The molecule has 4 rings (SSSR count). The van der Waals surface area contributed by atoms with E-state index in [1.807, 2.05) is 24.3 Å². The fourth-order valence-corrected chi connectivity index (χ4v) is 3.41. The average Bonchev–Trinajstić information content (AvgIpc) is 3.28. The van der Waals surface area contributed by atoms with Crippen LogP contribution in [0.5, 0.6) is 0 Å². The number of imide groups is 1. The molecule has 0 saturated carbocycles. The van der Waals surface area contributed by atoms with E-state index in [1.54, 1.807) is 6.92 Å². The molecule has 1 fully saturated rings. The number of halogens is 1. The second kappa shape index (κ2) is 7.37. The number of nitrogens with one attached hydrogen (secondary N) is 1. The summed E-state index contributed by atoms with van der Waals surface area (Å²) in [7, 11) is 0. The molecule has 2 heterocycles. The minimum atomic E-state index is -1.17. The second-order valence-corrected chi connectivity index (χ2v) is 7.74. The third-order valence-electron chi connectivity index (χ3n) is 5.29. The summed E-state index contributed by atoms with van der Waals surface area (Å²) in [4.78, 5) is 30.9. The first-order valence-corrected chi connectivity index (χ1v) is 9.61. The molecular formula is C22H21FN4O3. The van der Waals surface area contributed by atoms with Crippen molar-refractivity contribution in [1.29, 1.82) is 0 Å². The summed E-state index contributed by atoms with van der Waals surface area (Å²) in [5.41, 5.74) is 1.24. The first-order valence-electron chi connectivity index (χ1n) is 9.61. The summed E-state index contributed by atoms with van der Waals surface area (Å²) >= 11 is 0. The standard InChI is InChI=1S/C22H21FN4O3/c1-13(2)14-4-8-16(9-5-14)22(3)20(28)27(21(29)25-22)12-18-24-19(26-30-18)15-6-10-17(23)11-7-15/h4-11,13H,12H2,1-3H3,(H,25,29). The van der Waals surface area contributed by atoms with E-state index in [2.05, 4.69) is 29.3 Å². The van der Waals surface area contributed by atoms with E-state index in [-0.39, 0.29) is 24.1 Å². The highest BCUT2D eigenvalue weighted by atomic mass is 19.1. The Bertz CT molecular complexity index is 1090. The van der Waals surface area contributed by atoms with Crippen LogP contribution in [0.2, 0.25) is 0 Å². The molecular weight excluding hydrogens is 387 g/mol. The van der Waals surface area contributed by atoms with Crippen molar-refractivity contribution in [1.82, 2.24) is 20.4 Å². The molecule has 3 aromatic rings. The monoisotopic (exact) mass is 408 g/mol. The van der Waals surface area contributed by atoms with Crippen LogP contribution < -0.4 is 5.32 Å². The van der Waals surface area contributed by atoms with E-state index in [0.717, 1.165) is 10.5 Å². The molecule has 1 aliphatic heterocycles. The molecule has 0 aliphatic carbocycles. The molecule has 7 nitrogen and oxygen atoms in total. The lowest BCUT2D eigenvalue weighted by molar-refractivity contribution is -0.131. The Morgan fingerprint density at radius 1 is 1.10 bits per heavy atom. The summed E-state index contributed by atoms with van der Waals surface area (Å²) in [6, 6.07) is 12.7. The van der Waals surface area contributed by atoms with E-state index in [4.69, 9.17) is 4.52 Å². The Labute approximate surface area is 172 Å². The molecule has 1 atom stereocenters. The van der Waals surface area contributed by atoms with Crippen molar-refractivity contribution in [3.05, 3.63) is 71.4 Å². The van der Waals surface area contributed by atoms with Crippen molar-refractivity contribution >= 4 is 11.9 Å². The van der Waals surface area contributed by atoms with Crippen molar-refractivity contribution in [2.24, 2.45) is 0 Å². The lowest BCUT2D eigenvalue weighted by Crippen LogP contribution is -2.40. The molecule has 1 aromatic heterocycles. The molecule has 3 amide bonds. The molecule has 1 saturated heterocycles. The van der Waals surface area contributed by atoms with Crippen molar-refractivity contribution in [3.63, 3.8) is 0 Å². The number of hydrogen-bond donors (Lipinski definition) is 1. The van der Waals surface area contributed by atoms with Crippen LogP contribution in [0.15, 0.2) is 53.1 Å². The fraction of sp³-hybridized carbons (Fsp3) is 0.273. The Morgan fingerprint density at radius 2 is 1.77 bits per heavy atom. The molecule has 1 N–H and O–H groups in total. The van der Waals surface area contributed by atoms with E-state index in [0.29, 0.717) is 17.0 Å². The summed E-state index contributed by atoms with van der Waals surface area (Å²) < 4.78 is 18.3. The Morgan fingerprint density at radius 3 is 2.40 bits per heavy atom. The third-order valence-corrected chi connectivity index (χ3v) is 5.29. The molecule has 0 radical (unpaired) electrons. The maximum Gasteiger partial charge on any atom is 0.325 e. The minimum absolute atomic E-state index is 0.109. The predicted octanol–water partition coefficient (Wildman–Crippen LogP) is 3.97. The number of carbonyl (C=O) groups excluding carboxylic acids is 2. The first-order chi connectivity index (χ1) is 14.3.